The zero-order chi connectivity index (χ0) is 22.1. The molecular weight excluding hydrogens is 388 g/mol. The van der Waals surface area contributed by atoms with Crippen LogP contribution in [0, 0.1) is 11.3 Å². The number of carbonyl (C=O) groups is 4. The Hall–Kier alpha value is -2.32. The quantitative estimate of drug-likeness (QED) is 0.700. The van der Waals surface area contributed by atoms with Crippen molar-refractivity contribution in [3.05, 3.63) is 0 Å². The van der Waals surface area contributed by atoms with Crippen LogP contribution in [-0.4, -0.2) is 83.5 Å². The fourth-order valence-corrected chi connectivity index (χ4v) is 5.45. The van der Waals surface area contributed by atoms with Gasteiger partial charge in [-0.25, -0.2) is 9.59 Å². The van der Waals surface area contributed by atoms with E-state index in [9.17, 15) is 19.2 Å². The molecule has 0 aromatic heterocycles. The molecule has 3 fully saturated rings. The van der Waals surface area contributed by atoms with Crippen LogP contribution in [-0.2, 0) is 14.3 Å². The number of imide groups is 1. The molecule has 0 radical (unpaired) electrons. The van der Waals surface area contributed by atoms with Crippen molar-refractivity contribution in [1.82, 2.24) is 20.0 Å². The molecule has 3 aliphatic rings. The van der Waals surface area contributed by atoms with E-state index in [1.165, 1.54) is 0 Å². The van der Waals surface area contributed by atoms with Crippen molar-refractivity contribution in [3.8, 4) is 0 Å². The lowest BCUT2D eigenvalue weighted by molar-refractivity contribution is -0.140. The molecule has 2 saturated heterocycles. The Morgan fingerprint density at radius 2 is 1.77 bits per heavy atom. The summed E-state index contributed by atoms with van der Waals surface area (Å²) in [5, 5.41) is 2.91. The van der Waals surface area contributed by atoms with Crippen LogP contribution in [0.2, 0.25) is 0 Å². The summed E-state index contributed by atoms with van der Waals surface area (Å²) in [5.41, 5.74) is -0.958. The molecule has 30 heavy (non-hydrogen) atoms. The molecule has 9 nitrogen and oxygen atoms in total. The number of ether oxygens (including phenoxy) is 1. The Labute approximate surface area is 178 Å². The third-order valence-corrected chi connectivity index (χ3v) is 6.29. The molecule has 1 spiro atoms. The number of amides is 5. The maximum Gasteiger partial charge on any atom is 0.409 e. The molecule has 2 atom stereocenters. The topological polar surface area (TPSA) is 99.3 Å². The van der Waals surface area contributed by atoms with Crippen LogP contribution in [0.3, 0.4) is 0 Å². The second kappa shape index (κ2) is 8.43. The predicted octanol–water partition coefficient (Wildman–Crippen LogP) is 1.81. The molecule has 9 heteroatoms. The van der Waals surface area contributed by atoms with Crippen LogP contribution in [0.1, 0.15) is 53.4 Å². The maximum atomic E-state index is 13.2. The van der Waals surface area contributed by atoms with Gasteiger partial charge in [0.15, 0.2) is 0 Å². The van der Waals surface area contributed by atoms with Crippen LogP contribution in [0.5, 0.6) is 0 Å². The van der Waals surface area contributed by atoms with E-state index in [1.54, 1.807) is 16.7 Å². The van der Waals surface area contributed by atoms with Crippen molar-refractivity contribution < 1.29 is 23.9 Å². The van der Waals surface area contributed by atoms with E-state index in [2.05, 4.69) is 26.1 Å². The van der Waals surface area contributed by atoms with Crippen LogP contribution in [0.25, 0.3) is 0 Å². The second-order valence-electron chi connectivity index (χ2n) is 9.68. The molecule has 0 aromatic rings. The largest absolute Gasteiger partial charge is 0.450 e. The average molecular weight is 423 g/mol. The average Bonchev–Trinajstić information content (AvgIpc) is 2.83. The Bertz CT molecular complexity index is 724. The number of hydrogen-bond acceptors (Lipinski definition) is 5. The van der Waals surface area contributed by atoms with E-state index in [4.69, 9.17) is 4.74 Å². The van der Waals surface area contributed by atoms with E-state index in [-0.39, 0.29) is 29.9 Å². The molecule has 1 aliphatic carbocycles. The molecule has 3 rings (SSSR count). The van der Waals surface area contributed by atoms with Gasteiger partial charge in [0.25, 0.3) is 5.91 Å². The van der Waals surface area contributed by atoms with Crippen molar-refractivity contribution in [2.45, 2.75) is 58.9 Å². The van der Waals surface area contributed by atoms with Gasteiger partial charge in [-0.05, 0) is 43.9 Å². The van der Waals surface area contributed by atoms with E-state index in [0.717, 1.165) is 11.3 Å². The number of rotatable bonds is 3. The highest BCUT2D eigenvalue weighted by Gasteiger charge is 2.56. The van der Waals surface area contributed by atoms with Crippen molar-refractivity contribution >= 4 is 23.9 Å². The summed E-state index contributed by atoms with van der Waals surface area (Å²) < 4.78 is 5.04. The van der Waals surface area contributed by atoms with Crippen LogP contribution in [0.15, 0.2) is 0 Å². The third kappa shape index (κ3) is 4.54. The van der Waals surface area contributed by atoms with Gasteiger partial charge in [-0.2, -0.15) is 0 Å². The zero-order valence-electron chi connectivity index (χ0n) is 18.5. The molecule has 5 amide bonds. The lowest BCUT2D eigenvalue weighted by Crippen LogP contribution is -2.54. The predicted molar refractivity (Wildman–Crippen MR) is 110 cm³/mol. The maximum absolute atomic E-state index is 13.2. The molecule has 2 heterocycles. The van der Waals surface area contributed by atoms with E-state index in [1.807, 2.05) is 0 Å². The zero-order valence-corrected chi connectivity index (χ0v) is 18.5. The number of hydrogen-bond donors (Lipinski definition) is 1. The lowest BCUT2D eigenvalue weighted by atomic mass is 9.64. The summed E-state index contributed by atoms with van der Waals surface area (Å²) in [7, 11) is 0. The van der Waals surface area contributed by atoms with E-state index >= 15 is 0 Å². The monoisotopic (exact) mass is 422 g/mol. The fourth-order valence-electron chi connectivity index (χ4n) is 5.45. The second-order valence-corrected chi connectivity index (χ2v) is 9.68. The number of urea groups is 1. The van der Waals surface area contributed by atoms with Gasteiger partial charge in [-0.15, -0.1) is 0 Å². The van der Waals surface area contributed by atoms with Crippen molar-refractivity contribution in [2.24, 2.45) is 11.3 Å². The molecule has 0 unspecified atom stereocenters. The summed E-state index contributed by atoms with van der Waals surface area (Å²) in [6.45, 7) is 9.86. The summed E-state index contributed by atoms with van der Waals surface area (Å²) in [4.78, 5) is 55.0. The van der Waals surface area contributed by atoms with Gasteiger partial charge in [0, 0.05) is 26.2 Å². The van der Waals surface area contributed by atoms with E-state index in [0.29, 0.717) is 58.0 Å². The van der Waals surface area contributed by atoms with Gasteiger partial charge in [0.1, 0.15) is 12.1 Å². The molecule has 2 aliphatic heterocycles. The highest BCUT2D eigenvalue weighted by molar-refractivity contribution is 6.09. The summed E-state index contributed by atoms with van der Waals surface area (Å²) in [5.74, 6) is -0.249. The fraction of sp³-hybridized carbons (Fsp3) is 0.810. The third-order valence-electron chi connectivity index (χ3n) is 6.29. The highest BCUT2D eigenvalue weighted by atomic mass is 16.6. The lowest BCUT2D eigenvalue weighted by Gasteiger charge is -2.43. The summed E-state index contributed by atoms with van der Waals surface area (Å²) >= 11 is 0. The van der Waals surface area contributed by atoms with Crippen LogP contribution >= 0.6 is 0 Å². The van der Waals surface area contributed by atoms with Gasteiger partial charge in [0.2, 0.25) is 5.91 Å². The van der Waals surface area contributed by atoms with Crippen LogP contribution < -0.4 is 5.32 Å². The molecule has 1 N–H and O–H groups in total. The molecule has 0 aromatic carbocycles. The minimum absolute atomic E-state index is 0.0536. The molecule has 168 valence electrons. The van der Waals surface area contributed by atoms with Gasteiger partial charge >= 0.3 is 12.1 Å². The van der Waals surface area contributed by atoms with Crippen molar-refractivity contribution in [1.29, 1.82) is 0 Å². The minimum Gasteiger partial charge on any atom is -0.450 e. The number of nitrogens with zero attached hydrogens (tertiary/aromatic N) is 3. The minimum atomic E-state index is -0.905. The van der Waals surface area contributed by atoms with Gasteiger partial charge in [-0.1, -0.05) is 20.8 Å². The van der Waals surface area contributed by atoms with Gasteiger partial charge < -0.3 is 19.9 Å². The Morgan fingerprint density at radius 1 is 1.10 bits per heavy atom. The van der Waals surface area contributed by atoms with Gasteiger partial charge in [0.05, 0.1) is 6.61 Å². The normalized spacial score (nSPS) is 29.1. The summed E-state index contributed by atoms with van der Waals surface area (Å²) in [6.07, 6.45) is 2.43. The van der Waals surface area contributed by atoms with Crippen LogP contribution in [0.4, 0.5) is 9.59 Å². The first-order valence-corrected chi connectivity index (χ1v) is 10.9. The first-order valence-electron chi connectivity index (χ1n) is 10.9. The molecular formula is C21H34N4O5. The standard InChI is InChI=1S/C21H34N4O5/c1-5-30-19(29)24-8-6-7-23(9-10-24)16(26)13-25-17(27)21(22-18(25)28)12-15(2)11-20(3,4)14-21/h15H,5-14H2,1-4H3,(H,22,28)/t15-,21+/m0/s1. The Kier molecular flexibility index (Phi) is 6.29. The Balaban J connectivity index is 1.63. The van der Waals surface area contributed by atoms with Crippen molar-refractivity contribution in [2.75, 3.05) is 39.3 Å². The SMILES string of the molecule is CCOC(=O)N1CCCN(C(=O)CN2C(=O)N[C@@]3(C[C@@H](C)CC(C)(C)C3)C2=O)CC1. The Morgan fingerprint density at radius 3 is 2.43 bits per heavy atom. The first kappa shape index (κ1) is 22.4. The number of nitrogens with one attached hydrogen (secondary N) is 1. The summed E-state index contributed by atoms with van der Waals surface area (Å²) in [6, 6.07) is -0.485. The van der Waals surface area contributed by atoms with E-state index < -0.39 is 11.6 Å². The molecule has 1 saturated carbocycles. The van der Waals surface area contributed by atoms with Gasteiger partial charge in [-0.3, -0.25) is 14.5 Å². The number of carbonyl (C=O) groups excluding carboxylic acids is 4. The molecule has 0 bridgehead atoms. The highest BCUT2D eigenvalue weighted by Crippen LogP contribution is 2.46. The first-order chi connectivity index (χ1) is 14.1. The smallest absolute Gasteiger partial charge is 0.409 e. The van der Waals surface area contributed by atoms with Crippen molar-refractivity contribution in [3.63, 3.8) is 0 Å².